The normalized spacial score (nSPS) is 11.4. The Hall–Kier alpha value is -3.08. The summed E-state index contributed by atoms with van der Waals surface area (Å²) in [5, 5.41) is 13.0. The number of furan rings is 1. The zero-order valence-electron chi connectivity index (χ0n) is 20.0. The molecule has 1 N–H and O–H groups in total. The number of aliphatic imine (C=N–C) groups is 1. The number of nitrogens with zero attached hydrogens (tertiary/aromatic N) is 5. The standard InChI is InChI=1S/C25H30N6O2.HI/c1-18-28-29-24(31(18)3)16-27-25(26-14-13-19-9-11-21(32-4)12-10-19)30(2)17-22-15-20-7-5-6-8-23(20)33-22;/h5-12,15H,13-14,16-17H2,1-4H3,(H,26,27);1H. The lowest BCUT2D eigenvalue weighted by Gasteiger charge is -2.21. The van der Waals surface area contributed by atoms with Crippen molar-refractivity contribution in [2.75, 3.05) is 20.7 Å². The first-order valence-electron chi connectivity index (χ1n) is 11.0. The zero-order chi connectivity index (χ0) is 23.2. The average Bonchev–Trinajstić information content (AvgIpc) is 3.38. The molecule has 0 aliphatic carbocycles. The van der Waals surface area contributed by atoms with E-state index >= 15 is 0 Å². The third-order valence-corrected chi connectivity index (χ3v) is 5.64. The Balaban J connectivity index is 0.00000324. The summed E-state index contributed by atoms with van der Waals surface area (Å²) in [7, 11) is 5.64. The minimum absolute atomic E-state index is 0. The Bertz CT molecular complexity index is 1200. The van der Waals surface area contributed by atoms with Gasteiger partial charge in [-0.2, -0.15) is 0 Å². The molecule has 0 aliphatic rings. The highest BCUT2D eigenvalue weighted by Gasteiger charge is 2.12. The van der Waals surface area contributed by atoms with Crippen LogP contribution in [0.5, 0.6) is 5.75 Å². The molecule has 8 nitrogen and oxygen atoms in total. The van der Waals surface area contributed by atoms with E-state index in [2.05, 4.69) is 44.7 Å². The van der Waals surface area contributed by atoms with Gasteiger partial charge >= 0.3 is 0 Å². The SMILES string of the molecule is COc1ccc(CCNC(=NCc2nnc(C)n2C)N(C)Cc2cc3ccccc3o2)cc1.I. The van der Waals surface area contributed by atoms with Crippen LogP contribution in [0.15, 0.2) is 64.0 Å². The monoisotopic (exact) mass is 574 g/mol. The van der Waals surface area contributed by atoms with E-state index in [1.165, 1.54) is 5.56 Å². The van der Waals surface area contributed by atoms with Crippen molar-refractivity contribution in [1.29, 1.82) is 0 Å². The molecule has 2 heterocycles. The van der Waals surface area contributed by atoms with Gasteiger partial charge in [-0.3, -0.25) is 0 Å². The first-order chi connectivity index (χ1) is 16.0. The number of benzene rings is 2. The fourth-order valence-corrected chi connectivity index (χ4v) is 3.58. The number of aromatic nitrogens is 3. The molecule has 0 aliphatic heterocycles. The molecule has 0 spiro atoms. The van der Waals surface area contributed by atoms with Crippen LogP contribution < -0.4 is 10.1 Å². The van der Waals surface area contributed by atoms with Crippen molar-refractivity contribution < 1.29 is 9.15 Å². The Morgan fingerprint density at radius 1 is 1.15 bits per heavy atom. The lowest BCUT2D eigenvalue weighted by atomic mass is 10.1. The molecule has 0 radical (unpaired) electrons. The summed E-state index contributed by atoms with van der Waals surface area (Å²) >= 11 is 0. The molecule has 0 unspecified atom stereocenters. The number of fused-ring (bicyclic) bond motifs is 1. The third kappa shape index (κ3) is 6.28. The Labute approximate surface area is 217 Å². The van der Waals surface area contributed by atoms with E-state index in [1.807, 2.05) is 55.9 Å². The molecule has 0 amide bonds. The second-order valence-electron chi connectivity index (χ2n) is 7.99. The van der Waals surface area contributed by atoms with Gasteiger partial charge < -0.3 is 23.9 Å². The molecule has 0 saturated heterocycles. The number of rotatable bonds is 8. The van der Waals surface area contributed by atoms with Crippen molar-refractivity contribution >= 4 is 40.9 Å². The number of nitrogens with one attached hydrogen (secondary N) is 1. The van der Waals surface area contributed by atoms with Crippen LogP contribution >= 0.6 is 24.0 Å². The first kappa shape index (κ1) is 25.5. The van der Waals surface area contributed by atoms with Gasteiger partial charge in [0.2, 0.25) is 0 Å². The van der Waals surface area contributed by atoms with E-state index in [0.29, 0.717) is 13.1 Å². The van der Waals surface area contributed by atoms with Crippen molar-refractivity contribution in [2.24, 2.45) is 12.0 Å². The van der Waals surface area contributed by atoms with Crippen LogP contribution in [0, 0.1) is 6.92 Å². The summed E-state index contributed by atoms with van der Waals surface area (Å²) in [5.74, 6) is 4.21. The third-order valence-electron chi connectivity index (χ3n) is 5.64. The molecule has 2 aromatic carbocycles. The van der Waals surface area contributed by atoms with Crippen LogP contribution in [0.1, 0.15) is 23.0 Å². The highest BCUT2D eigenvalue weighted by Crippen LogP contribution is 2.20. The number of aryl methyl sites for hydroxylation is 1. The Morgan fingerprint density at radius 3 is 2.59 bits per heavy atom. The molecule has 4 aromatic rings. The van der Waals surface area contributed by atoms with Gasteiger partial charge in [0.15, 0.2) is 11.8 Å². The second kappa shape index (κ2) is 11.9. The van der Waals surface area contributed by atoms with Gasteiger partial charge in [-0.05, 0) is 43.2 Å². The smallest absolute Gasteiger partial charge is 0.194 e. The number of guanidine groups is 1. The van der Waals surface area contributed by atoms with E-state index < -0.39 is 0 Å². The molecular formula is C25H31IN6O2. The predicted molar refractivity (Wildman–Crippen MR) is 145 cm³/mol. The van der Waals surface area contributed by atoms with Gasteiger partial charge in [-0.25, -0.2) is 4.99 Å². The summed E-state index contributed by atoms with van der Waals surface area (Å²) in [6.07, 6.45) is 0.866. The number of hydrogen-bond acceptors (Lipinski definition) is 5. The molecular weight excluding hydrogens is 543 g/mol. The summed E-state index contributed by atoms with van der Waals surface area (Å²) in [5.41, 5.74) is 2.12. The van der Waals surface area contributed by atoms with Crippen molar-refractivity contribution in [2.45, 2.75) is 26.4 Å². The fourth-order valence-electron chi connectivity index (χ4n) is 3.58. The van der Waals surface area contributed by atoms with Crippen molar-refractivity contribution in [3.05, 3.63) is 77.6 Å². The van der Waals surface area contributed by atoms with Crippen LogP contribution in [0.3, 0.4) is 0 Å². The van der Waals surface area contributed by atoms with E-state index in [9.17, 15) is 0 Å². The number of ether oxygens (including phenoxy) is 1. The second-order valence-corrected chi connectivity index (χ2v) is 7.99. The topological polar surface area (TPSA) is 80.7 Å². The van der Waals surface area contributed by atoms with Crippen LogP contribution in [0.4, 0.5) is 0 Å². The highest BCUT2D eigenvalue weighted by atomic mass is 127. The summed E-state index contributed by atoms with van der Waals surface area (Å²) < 4.78 is 13.2. The molecule has 4 rings (SSSR count). The van der Waals surface area contributed by atoms with Gasteiger partial charge in [-0.1, -0.05) is 30.3 Å². The number of halogens is 1. The van der Waals surface area contributed by atoms with Gasteiger partial charge in [0, 0.05) is 26.0 Å². The molecule has 0 saturated carbocycles. The van der Waals surface area contributed by atoms with Crippen LogP contribution in [0.25, 0.3) is 11.0 Å². The maximum absolute atomic E-state index is 6.01. The van der Waals surface area contributed by atoms with E-state index in [0.717, 1.165) is 53.1 Å². The van der Waals surface area contributed by atoms with E-state index in [4.69, 9.17) is 14.1 Å². The number of hydrogen-bond donors (Lipinski definition) is 1. The maximum Gasteiger partial charge on any atom is 0.194 e. The number of para-hydroxylation sites is 1. The van der Waals surface area contributed by atoms with Gasteiger partial charge in [0.05, 0.1) is 13.7 Å². The molecule has 34 heavy (non-hydrogen) atoms. The van der Waals surface area contributed by atoms with Crippen molar-refractivity contribution in [3.63, 3.8) is 0 Å². The molecule has 0 bridgehead atoms. The lowest BCUT2D eigenvalue weighted by molar-refractivity contribution is 0.411. The average molecular weight is 574 g/mol. The lowest BCUT2D eigenvalue weighted by Crippen LogP contribution is -2.39. The maximum atomic E-state index is 6.01. The zero-order valence-corrected chi connectivity index (χ0v) is 22.3. The Morgan fingerprint density at radius 2 is 1.91 bits per heavy atom. The molecule has 180 valence electrons. The van der Waals surface area contributed by atoms with Crippen LogP contribution in [-0.4, -0.2) is 46.3 Å². The molecule has 9 heteroatoms. The van der Waals surface area contributed by atoms with E-state index in [1.54, 1.807) is 7.11 Å². The van der Waals surface area contributed by atoms with Crippen molar-refractivity contribution in [1.82, 2.24) is 25.0 Å². The van der Waals surface area contributed by atoms with Gasteiger partial charge in [0.1, 0.15) is 29.5 Å². The van der Waals surface area contributed by atoms with Crippen molar-refractivity contribution in [3.8, 4) is 5.75 Å². The quantitative estimate of drug-likeness (QED) is 0.192. The Kier molecular flexibility index (Phi) is 8.91. The summed E-state index contributed by atoms with van der Waals surface area (Å²) in [6, 6.07) is 18.2. The fraction of sp³-hybridized carbons (Fsp3) is 0.320. The molecule has 0 fully saturated rings. The predicted octanol–water partition coefficient (Wildman–Crippen LogP) is 4.32. The summed E-state index contributed by atoms with van der Waals surface area (Å²) in [4.78, 5) is 6.89. The first-order valence-corrected chi connectivity index (χ1v) is 11.0. The van der Waals surface area contributed by atoms with E-state index in [-0.39, 0.29) is 24.0 Å². The molecule has 2 aromatic heterocycles. The highest BCUT2D eigenvalue weighted by molar-refractivity contribution is 14.0. The summed E-state index contributed by atoms with van der Waals surface area (Å²) in [6.45, 7) is 3.71. The number of methoxy groups -OCH3 is 1. The minimum Gasteiger partial charge on any atom is -0.497 e. The van der Waals surface area contributed by atoms with Crippen LogP contribution in [0.2, 0.25) is 0 Å². The van der Waals surface area contributed by atoms with Crippen LogP contribution in [-0.2, 0) is 26.6 Å². The molecule has 0 atom stereocenters. The minimum atomic E-state index is 0. The largest absolute Gasteiger partial charge is 0.497 e. The van der Waals surface area contributed by atoms with Gasteiger partial charge in [0.25, 0.3) is 0 Å². The van der Waals surface area contributed by atoms with Gasteiger partial charge in [-0.15, -0.1) is 34.2 Å².